The maximum Gasteiger partial charge on any atom is 0.0738 e. The first-order chi connectivity index (χ1) is 6.84. The second-order valence-corrected chi connectivity index (χ2v) is 4.27. The van der Waals surface area contributed by atoms with Crippen molar-refractivity contribution in [1.82, 2.24) is 9.78 Å². The van der Waals surface area contributed by atoms with Crippen LogP contribution in [0.5, 0.6) is 0 Å². The molecule has 78 valence electrons. The van der Waals surface area contributed by atoms with E-state index in [1.54, 1.807) is 10.9 Å². The molecule has 0 saturated heterocycles. The lowest BCUT2D eigenvalue weighted by Crippen LogP contribution is -2.19. The standard InChI is InChI=1S/C11H18N2O/c14-11(8-10-4-1-2-5-10)9-13-7-3-6-12-13/h3,6-7,10-11,14H,1-2,4-5,8-9H2. The van der Waals surface area contributed by atoms with E-state index in [1.165, 1.54) is 25.7 Å². The molecule has 1 aliphatic carbocycles. The Morgan fingerprint density at radius 3 is 2.86 bits per heavy atom. The van der Waals surface area contributed by atoms with Crippen molar-refractivity contribution in [3.8, 4) is 0 Å². The number of aromatic nitrogens is 2. The van der Waals surface area contributed by atoms with Gasteiger partial charge >= 0.3 is 0 Å². The van der Waals surface area contributed by atoms with E-state index in [9.17, 15) is 5.11 Å². The summed E-state index contributed by atoms with van der Waals surface area (Å²) < 4.78 is 1.81. The van der Waals surface area contributed by atoms with E-state index >= 15 is 0 Å². The van der Waals surface area contributed by atoms with Crippen molar-refractivity contribution in [1.29, 1.82) is 0 Å². The summed E-state index contributed by atoms with van der Waals surface area (Å²) in [7, 11) is 0. The monoisotopic (exact) mass is 194 g/mol. The minimum atomic E-state index is -0.224. The van der Waals surface area contributed by atoms with E-state index in [0.717, 1.165) is 12.3 Å². The van der Waals surface area contributed by atoms with Gasteiger partial charge in [-0.15, -0.1) is 0 Å². The number of nitrogens with zero attached hydrogens (tertiary/aromatic N) is 2. The van der Waals surface area contributed by atoms with Crippen LogP contribution in [0.4, 0.5) is 0 Å². The van der Waals surface area contributed by atoms with Gasteiger partial charge < -0.3 is 5.11 Å². The molecule has 0 bridgehead atoms. The molecule has 1 aromatic heterocycles. The minimum absolute atomic E-state index is 0.224. The van der Waals surface area contributed by atoms with Gasteiger partial charge in [0, 0.05) is 12.4 Å². The Labute approximate surface area is 84.7 Å². The van der Waals surface area contributed by atoms with E-state index in [0.29, 0.717) is 6.54 Å². The van der Waals surface area contributed by atoms with Crippen LogP contribution in [0.15, 0.2) is 18.5 Å². The second-order valence-electron chi connectivity index (χ2n) is 4.27. The Balaban J connectivity index is 1.75. The number of aliphatic hydroxyl groups excluding tert-OH is 1. The van der Waals surface area contributed by atoms with Crippen LogP contribution >= 0.6 is 0 Å². The highest BCUT2D eigenvalue weighted by molar-refractivity contribution is 4.79. The Hall–Kier alpha value is -0.830. The molecule has 1 heterocycles. The van der Waals surface area contributed by atoms with Gasteiger partial charge in [0.1, 0.15) is 0 Å². The van der Waals surface area contributed by atoms with Crippen LogP contribution in [0.3, 0.4) is 0 Å². The summed E-state index contributed by atoms with van der Waals surface area (Å²) in [4.78, 5) is 0. The van der Waals surface area contributed by atoms with Crippen molar-refractivity contribution < 1.29 is 5.11 Å². The summed E-state index contributed by atoms with van der Waals surface area (Å²) in [6.07, 6.45) is 9.67. The summed E-state index contributed by atoms with van der Waals surface area (Å²) >= 11 is 0. The van der Waals surface area contributed by atoms with Crippen LogP contribution in [0, 0.1) is 5.92 Å². The van der Waals surface area contributed by atoms with Crippen molar-refractivity contribution in [3.63, 3.8) is 0 Å². The van der Waals surface area contributed by atoms with Gasteiger partial charge in [-0.2, -0.15) is 5.10 Å². The molecule has 3 heteroatoms. The molecule has 1 fully saturated rings. The average molecular weight is 194 g/mol. The SMILES string of the molecule is OC(CC1CCCC1)Cn1cccn1. The first-order valence-corrected chi connectivity index (χ1v) is 5.50. The van der Waals surface area contributed by atoms with E-state index in [-0.39, 0.29) is 6.10 Å². The zero-order valence-corrected chi connectivity index (χ0v) is 8.47. The summed E-state index contributed by atoms with van der Waals surface area (Å²) in [5, 5.41) is 13.9. The van der Waals surface area contributed by atoms with Gasteiger partial charge in [0.25, 0.3) is 0 Å². The van der Waals surface area contributed by atoms with Gasteiger partial charge in [-0.25, -0.2) is 0 Å². The van der Waals surface area contributed by atoms with Crippen LogP contribution in [-0.2, 0) is 6.54 Å². The lowest BCUT2D eigenvalue weighted by molar-refractivity contribution is 0.120. The highest BCUT2D eigenvalue weighted by atomic mass is 16.3. The first-order valence-electron chi connectivity index (χ1n) is 5.50. The quantitative estimate of drug-likeness (QED) is 0.794. The zero-order chi connectivity index (χ0) is 9.80. The van der Waals surface area contributed by atoms with Crippen molar-refractivity contribution in [2.24, 2.45) is 5.92 Å². The summed E-state index contributed by atoms with van der Waals surface area (Å²) in [5.74, 6) is 0.751. The molecule has 14 heavy (non-hydrogen) atoms. The maximum absolute atomic E-state index is 9.82. The molecular weight excluding hydrogens is 176 g/mol. The summed E-state index contributed by atoms with van der Waals surface area (Å²) in [5.41, 5.74) is 0. The third kappa shape index (κ3) is 2.58. The lowest BCUT2D eigenvalue weighted by Gasteiger charge is -2.15. The van der Waals surface area contributed by atoms with E-state index in [4.69, 9.17) is 0 Å². The van der Waals surface area contributed by atoms with Gasteiger partial charge in [0.05, 0.1) is 12.6 Å². The molecule has 1 aliphatic rings. The number of rotatable bonds is 4. The molecule has 0 aliphatic heterocycles. The fraction of sp³-hybridized carbons (Fsp3) is 0.727. The van der Waals surface area contributed by atoms with Crippen molar-refractivity contribution in [2.45, 2.75) is 44.8 Å². The van der Waals surface area contributed by atoms with Gasteiger partial charge in [-0.3, -0.25) is 4.68 Å². The molecule has 0 radical (unpaired) electrons. The normalized spacial score (nSPS) is 20.1. The molecule has 0 aromatic carbocycles. The van der Waals surface area contributed by atoms with E-state index in [2.05, 4.69) is 5.10 Å². The van der Waals surface area contributed by atoms with Gasteiger partial charge in [0.2, 0.25) is 0 Å². The van der Waals surface area contributed by atoms with Crippen LogP contribution in [0.25, 0.3) is 0 Å². The summed E-state index contributed by atoms with van der Waals surface area (Å²) in [6, 6.07) is 1.89. The molecule has 1 unspecified atom stereocenters. The Morgan fingerprint density at radius 2 is 2.21 bits per heavy atom. The molecule has 1 saturated carbocycles. The topological polar surface area (TPSA) is 38.0 Å². The fourth-order valence-electron chi connectivity index (χ4n) is 2.33. The van der Waals surface area contributed by atoms with E-state index < -0.39 is 0 Å². The van der Waals surface area contributed by atoms with Crippen molar-refractivity contribution >= 4 is 0 Å². The Morgan fingerprint density at radius 1 is 1.43 bits per heavy atom. The lowest BCUT2D eigenvalue weighted by atomic mass is 10.0. The number of hydrogen-bond acceptors (Lipinski definition) is 2. The Bertz CT molecular complexity index is 252. The van der Waals surface area contributed by atoms with Crippen LogP contribution < -0.4 is 0 Å². The third-order valence-corrected chi connectivity index (χ3v) is 3.04. The predicted molar refractivity (Wildman–Crippen MR) is 54.8 cm³/mol. The Kier molecular flexibility index (Phi) is 3.19. The minimum Gasteiger partial charge on any atom is -0.391 e. The summed E-state index contributed by atoms with van der Waals surface area (Å²) in [6.45, 7) is 0.642. The smallest absolute Gasteiger partial charge is 0.0738 e. The second kappa shape index (κ2) is 4.60. The van der Waals surface area contributed by atoms with Gasteiger partial charge in [-0.05, 0) is 18.4 Å². The first kappa shape index (κ1) is 9.71. The van der Waals surface area contributed by atoms with Crippen LogP contribution in [0.1, 0.15) is 32.1 Å². The fourth-order valence-corrected chi connectivity index (χ4v) is 2.33. The molecule has 0 spiro atoms. The van der Waals surface area contributed by atoms with Gasteiger partial charge in [-0.1, -0.05) is 25.7 Å². The zero-order valence-electron chi connectivity index (χ0n) is 8.47. The largest absolute Gasteiger partial charge is 0.391 e. The maximum atomic E-state index is 9.82. The van der Waals surface area contributed by atoms with Crippen molar-refractivity contribution in [3.05, 3.63) is 18.5 Å². The third-order valence-electron chi connectivity index (χ3n) is 3.04. The average Bonchev–Trinajstić information content (AvgIpc) is 2.76. The number of hydrogen-bond donors (Lipinski definition) is 1. The van der Waals surface area contributed by atoms with Crippen LogP contribution in [-0.4, -0.2) is 21.0 Å². The molecule has 1 N–H and O–H groups in total. The molecule has 1 aromatic rings. The molecule has 1 atom stereocenters. The van der Waals surface area contributed by atoms with Crippen LogP contribution in [0.2, 0.25) is 0 Å². The van der Waals surface area contributed by atoms with Crippen molar-refractivity contribution in [2.75, 3.05) is 0 Å². The molecule has 0 amide bonds. The molecular formula is C11H18N2O. The number of aliphatic hydroxyl groups is 1. The predicted octanol–water partition coefficient (Wildman–Crippen LogP) is 1.82. The highest BCUT2D eigenvalue weighted by Gasteiger charge is 2.18. The molecule has 3 nitrogen and oxygen atoms in total. The van der Waals surface area contributed by atoms with Gasteiger partial charge in [0.15, 0.2) is 0 Å². The highest BCUT2D eigenvalue weighted by Crippen LogP contribution is 2.28. The van der Waals surface area contributed by atoms with E-state index in [1.807, 2.05) is 12.3 Å². The molecule has 2 rings (SSSR count).